The Morgan fingerprint density at radius 1 is 1.24 bits per heavy atom. The molecule has 1 aromatic heterocycles. The van der Waals surface area contributed by atoms with Crippen LogP contribution >= 0.6 is 0 Å². The van der Waals surface area contributed by atoms with E-state index in [0.717, 1.165) is 16.9 Å². The smallest absolute Gasteiger partial charge is 0.308 e. The van der Waals surface area contributed by atoms with Crippen molar-refractivity contribution >= 4 is 41.4 Å². The quantitative estimate of drug-likeness (QED) is 0.441. The van der Waals surface area contributed by atoms with Gasteiger partial charge in [-0.1, -0.05) is 6.58 Å². The number of ether oxygens (including phenoxy) is 1. The predicted molar refractivity (Wildman–Crippen MR) is 145 cm³/mol. The molecule has 38 heavy (non-hydrogen) atoms. The van der Waals surface area contributed by atoms with Crippen molar-refractivity contribution in [1.82, 2.24) is 14.9 Å². The molecule has 0 aliphatic carbocycles. The Balaban J connectivity index is 1.57. The van der Waals surface area contributed by atoms with Gasteiger partial charge in [-0.2, -0.15) is 0 Å². The maximum atomic E-state index is 12.7. The number of likely N-dealkylation sites (tertiary alicyclic amines) is 1. The van der Waals surface area contributed by atoms with E-state index in [9.17, 15) is 19.5 Å². The van der Waals surface area contributed by atoms with Gasteiger partial charge in [-0.05, 0) is 71.3 Å². The standard InChI is InChI=1S/C27H36N6O5/c1-16-14-20-21(15-19(16)28-9-6-22(34)38-27(3,4)5)33(24-23(31-20)25(35)30-17(2)29-24)13-12-32-10-7-18(8-11-32)26(36)37/h14-15,18,28H,2,6-13H2,1,3-5H3,(H,30,35)(H,36,37). The normalized spacial score (nSPS) is 15.8. The third kappa shape index (κ3) is 6.39. The van der Waals surface area contributed by atoms with Crippen molar-refractivity contribution in [3.8, 4) is 0 Å². The Hall–Kier alpha value is -3.73. The Kier molecular flexibility index (Phi) is 7.86. The maximum absolute atomic E-state index is 12.7. The molecule has 0 radical (unpaired) electrons. The number of H-pyrrole nitrogens is 1. The number of carboxylic acid groups (broad SMARTS) is 1. The molecule has 3 N–H and O–H groups in total. The largest absolute Gasteiger partial charge is 0.481 e. The summed E-state index contributed by atoms with van der Waals surface area (Å²) in [6.45, 7) is 14.3. The van der Waals surface area contributed by atoms with E-state index in [1.54, 1.807) is 0 Å². The van der Waals surface area contributed by atoms with Gasteiger partial charge in [0.25, 0.3) is 5.56 Å². The molecule has 1 saturated heterocycles. The topological polar surface area (TPSA) is 140 Å². The van der Waals surface area contributed by atoms with Crippen LogP contribution in [0.3, 0.4) is 0 Å². The Labute approximate surface area is 221 Å². The van der Waals surface area contributed by atoms with Crippen molar-refractivity contribution in [3.63, 3.8) is 0 Å². The molecule has 0 amide bonds. The van der Waals surface area contributed by atoms with Gasteiger partial charge in [-0.25, -0.2) is 9.98 Å². The number of hydrogen-bond donors (Lipinski definition) is 3. The zero-order valence-corrected chi connectivity index (χ0v) is 22.5. The van der Waals surface area contributed by atoms with Crippen LogP contribution in [0.15, 0.2) is 21.9 Å². The molecule has 1 fully saturated rings. The number of nitrogens with one attached hydrogen (secondary N) is 2. The van der Waals surface area contributed by atoms with Crippen LogP contribution in [0.5, 0.6) is 0 Å². The summed E-state index contributed by atoms with van der Waals surface area (Å²) in [5.74, 6) is -0.870. The highest BCUT2D eigenvalue weighted by atomic mass is 16.6. The molecule has 0 spiro atoms. The van der Waals surface area contributed by atoms with Gasteiger partial charge >= 0.3 is 11.9 Å². The van der Waals surface area contributed by atoms with Crippen LogP contribution in [0.1, 0.15) is 45.6 Å². The van der Waals surface area contributed by atoms with Crippen LogP contribution in [-0.2, 0) is 14.3 Å². The van der Waals surface area contributed by atoms with E-state index in [2.05, 4.69) is 31.8 Å². The summed E-state index contributed by atoms with van der Waals surface area (Å²) in [4.78, 5) is 52.2. The van der Waals surface area contributed by atoms with E-state index in [4.69, 9.17) is 4.74 Å². The van der Waals surface area contributed by atoms with E-state index in [-0.39, 0.29) is 34.7 Å². The minimum absolute atomic E-state index is 0.221. The minimum Gasteiger partial charge on any atom is -0.481 e. The third-order valence-corrected chi connectivity index (χ3v) is 6.67. The van der Waals surface area contributed by atoms with Crippen molar-refractivity contribution < 1.29 is 19.4 Å². The van der Waals surface area contributed by atoms with Gasteiger partial charge in [0, 0.05) is 25.3 Å². The summed E-state index contributed by atoms with van der Waals surface area (Å²) in [7, 11) is 0. The number of carboxylic acids is 1. The number of aromatic nitrogens is 2. The highest BCUT2D eigenvalue weighted by Gasteiger charge is 2.27. The molecule has 0 saturated carbocycles. The lowest BCUT2D eigenvalue weighted by Crippen LogP contribution is -2.45. The number of anilines is 3. The highest BCUT2D eigenvalue weighted by Crippen LogP contribution is 2.38. The Morgan fingerprint density at radius 3 is 2.61 bits per heavy atom. The highest BCUT2D eigenvalue weighted by molar-refractivity contribution is 5.81. The molecule has 0 unspecified atom stereocenters. The number of nitrogens with zero attached hydrogens (tertiary/aromatic N) is 4. The van der Waals surface area contributed by atoms with Crippen LogP contribution in [0.25, 0.3) is 6.58 Å². The van der Waals surface area contributed by atoms with Gasteiger partial charge in [0.1, 0.15) is 11.1 Å². The van der Waals surface area contributed by atoms with E-state index in [1.165, 1.54) is 0 Å². The van der Waals surface area contributed by atoms with Crippen molar-refractivity contribution in [2.24, 2.45) is 10.9 Å². The molecule has 0 bridgehead atoms. The van der Waals surface area contributed by atoms with Crippen molar-refractivity contribution in [2.45, 2.75) is 52.6 Å². The monoisotopic (exact) mass is 524 g/mol. The second-order valence-electron chi connectivity index (χ2n) is 10.8. The molecule has 2 aliphatic rings. The number of benzene rings is 1. The van der Waals surface area contributed by atoms with Gasteiger partial charge < -0.3 is 29.9 Å². The lowest BCUT2D eigenvalue weighted by Gasteiger charge is -2.34. The summed E-state index contributed by atoms with van der Waals surface area (Å²) >= 11 is 0. The van der Waals surface area contributed by atoms with Crippen LogP contribution < -0.4 is 26.6 Å². The number of hydrogen-bond acceptors (Lipinski definition) is 9. The second-order valence-corrected chi connectivity index (χ2v) is 10.8. The number of esters is 1. The van der Waals surface area contributed by atoms with E-state index >= 15 is 0 Å². The number of rotatable bonds is 8. The lowest BCUT2D eigenvalue weighted by atomic mass is 9.97. The average molecular weight is 525 g/mol. The number of piperidine rings is 1. The number of aromatic amines is 1. The van der Waals surface area contributed by atoms with Crippen LogP contribution in [0, 0.1) is 12.8 Å². The van der Waals surface area contributed by atoms with Crippen LogP contribution in [0.2, 0.25) is 0 Å². The predicted octanol–water partition coefficient (Wildman–Crippen LogP) is 1.83. The molecular formula is C27H36N6O5. The molecule has 4 rings (SSSR count). The number of aliphatic carboxylic acids is 1. The molecule has 0 atom stereocenters. The van der Waals surface area contributed by atoms with Gasteiger partial charge in [0.2, 0.25) is 0 Å². The molecular weight excluding hydrogens is 488 g/mol. The average Bonchev–Trinajstić information content (AvgIpc) is 2.82. The first-order valence-corrected chi connectivity index (χ1v) is 12.9. The summed E-state index contributed by atoms with van der Waals surface area (Å²) in [6.07, 6.45) is 1.45. The van der Waals surface area contributed by atoms with Gasteiger partial charge in [0.15, 0.2) is 11.2 Å². The fourth-order valence-electron chi connectivity index (χ4n) is 4.76. The maximum Gasteiger partial charge on any atom is 0.308 e. The zero-order chi connectivity index (χ0) is 27.6. The molecule has 3 heterocycles. The van der Waals surface area contributed by atoms with E-state index < -0.39 is 11.6 Å². The number of carbonyl (C=O) groups is 2. The number of carbonyl (C=O) groups excluding carboxylic acids is 1. The first kappa shape index (κ1) is 27.3. The first-order valence-electron chi connectivity index (χ1n) is 12.9. The molecule has 11 nitrogen and oxygen atoms in total. The zero-order valence-electron chi connectivity index (χ0n) is 22.5. The van der Waals surface area contributed by atoms with Crippen molar-refractivity contribution in [1.29, 1.82) is 0 Å². The third-order valence-electron chi connectivity index (χ3n) is 6.67. The lowest BCUT2D eigenvalue weighted by molar-refractivity contribution is -0.154. The first-order chi connectivity index (χ1) is 17.9. The van der Waals surface area contributed by atoms with E-state index in [0.29, 0.717) is 57.1 Å². The summed E-state index contributed by atoms with van der Waals surface area (Å²) in [5.41, 5.74) is 2.58. The molecule has 1 aromatic carbocycles. The minimum atomic E-state index is -0.737. The number of fused-ring (bicyclic) bond motifs is 2. The molecule has 11 heteroatoms. The van der Waals surface area contributed by atoms with Gasteiger partial charge in [-0.15, -0.1) is 0 Å². The van der Waals surface area contributed by atoms with Crippen LogP contribution in [0.4, 0.5) is 22.9 Å². The molecule has 2 aromatic rings. The summed E-state index contributed by atoms with van der Waals surface area (Å²) < 4.78 is 5.40. The van der Waals surface area contributed by atoms with Crippen molar-refractivity contribution in [3.05, 3.63) is 38.9 Å². The molecule has 2 aliphatic heterocycles. The van der Waals surface area contributed by atoms with Crippen molar-refractivity contribution in [2.75, 3.05) is 42.9 Å². The SMILES string of the molecule is C=c1nc2c(c(=O)[nH]1)=Nc1cc(C)c(NCCC(=O)OC(C)(C)C)cc1N2CCN1CCC(C(=O)O)CC1. The van der Waals surface area contributed by atoms with Crippen LogP contribution in [-0.4, -0.2) is 70.2 Å². The molecule has 204 valence electrons. The Bertz CT molecular complexity index is 1390. The van der Waals surface area contributed by atoms with Gasteiger partial charge in [0.05, 0.1) is 23.7 Å². The second kappa shape index (κ2) is 10.9. The van der Waals surface area contributed by atoms with Gasteiger partial charge in [-0.3, -0.25) is 14.4 Å². The summed E-state index contributed by atoms with van der Waals surface area (Å²) in [5, 5.41) is 12.9. The fourth-order valence-corrected chi connectivity index (χ4v) is 4.76. The van der Waals surface area contributed by atoms with E-state index in [1.807, 2.05) is 44.7 Å². The summed E-state index contributed by atoms with van der Waals surface area (Å²) in [6, 6.07) is 3.88. The fraction of sp³-hybridized carbons (Fsp3) is 0.519. The number of aryl methyl sites for hydroxylation is 1. The Morgan fingerprint density at radius 2 is 1.95 bits per heavy atom.